The van der Waals surface area contributed by atoms with Gasteiger partial charge >= 0.3 is 0 Å². The molecule has 21 heavy (non-hydrogen) atoms. The highest BCUT2D eigenvalue weighted by atomic mass is 28.4. The van der Waals surface area contributed by atoms with E-state index in [-0.39, 0.29) is 11.6 Å². The van der Waals surface area contributed by atoms with E-state index in [9.17, 15) is 0 Å². The monoisotopic (exact) mass is 310 g/mol. The third-order valence-electron chi connectivity index (χ3n) is 4.09. The average molecular weight is 311 g/mol. The molecule has 0 atom stereocenters. The first-order valence-electron chi connectivity index (χ1n) is 7.84. The number of unbranched alkanes of at least 4 members (excludes halogenated alkanes) is 1. The largest absolute Gasteiger partial charge is 0.413 e. The van der Waals surface area contributed by atoms with Crippen LogP contribution in [0.25, 0.3) is 0 Å². The summed E-state index contributed by atoms with van der Waals surface area (Å²) in [5.41, 5.74) is 2.43. The van der Waals surface area contributed by atoms with Gasteiger partial charge < -0.3 is 9.53 Å². The molecule has 0 aliphatic heterocycles. The number of rotatable bonds is 8. The number of allylic oxidation sites excluding steroid dienone is 4. The molecule has 0 unspecified atom stereocenters. The minimum Gasteiger partial charge on any atom is -0.413 e. The van der Waals surface area contributed by atoms with Crippen LogP contribution in [-0.2, 0) is 4.43 Å². The van der Waals surface area contributed by atoms with Gasteiger partial charge in [-0.1, -0.05) is 56.2 Å². The minimum absolute atomic E-state index is 0.111. The Morgan fingerprint density at radius 1 is 1.10 bits per heavy atom. The van der Waals surface area contributed by atoms with E-state index in [0.717, 1.165) is 25.0 Å². The van der Waals surface area contributed by atoms with Gasteiger partial charge in [-0.15, -0.1) is 0 Å². The molecule has 0 aliphatic rings. The summed E-state index contributed by atoms with van der Waals surface area (Å²) in [6, 6.07) is 0. The van der Waals surface area contributed by atoms with Crippen LogP contribution in [0.15, 0.2) is 35.5 Å². The van der Waals surface area contributed by atoms with Gasteiger partial charge in [0, 0.05) is 0 Å². The predicted octanol–water partition coefficient (Wildman–Crippen LogP) is 5.23. The van der Waals surface area contributed by atoms with Crippen molar-refractivity contribution in [3.8, 4) is 0 Å². The molecule has 0 bridgehead atoms. The zero-order chi connectivity index (χ0) is 16.5. The Morgan fingerprint density at radius 2 is 1.71 bits per heavy atom. The SMILES string of the molecule is CC(/C=C/CC/C=C(\C)CO[Si](C)(C)C(C)(C)C)=C\CO. The zero-order valence-electron chi connectivity index (χ0n) is 15.0. The van der Waals surface area contributed by atoms with Crippen LogP contribution in [0, 0.1) is 0 Å². The first-order chi connectivity index (χ1) is 9.60. The van der Waals surface area contributed by atoms with Crippen molar-refractivity contribution in [3.63, 3.8) is 0 Å². The second kappa shape index (κ2) is 9.39. The van der Waals surface area contributed by atoms with Crippen LogP contribution in [0.3, 0.4) is 0 Å². The standard InChI is InChI=1S/C18H34O2Si/c1-16(13-14-19)11-9-8-10-12-17(2)15-20-21(6,7)18(3,4)5/h9,11-13,19H,8,10,14-15H2,1-7H3/b11-9+,16-13+,17-12+. The van der Waals surface area contributed by atoms with Crippen molar-refractivity contribution < 1.29 is 9.53 Å². The van der Waals surface area contributed by atoms with E-state index in [1.165, 1.54) is 5.57 Å². The Labute approximate surface area is 132 Å². The lowest BCUT2D eigenvalue weighted by Gasteiger charge is -2.36. The van der Waals surface area contributed by atoms with Crippen LogP contribution < -0.4 is 0 Å². The number of aliphatic hydroxyl groups excluding tert-OH is 1. The van der Waals surface area contributed by atoms with Crippen molar-refractivity contribution in [1.82, 2.24) is 0 Å². The highest BCUT2D eigenvalue weighted by Crippen LogP contribution is 2.36. The topological polar surface area (TPSA) is 29.5 Å². The fraction of sp³-hybridized carbons (Fsp3) is 0.667. The number of hydrogen-bond donors (Lipinski definition) is 1. The third kappa shape index (κ3) is 9.07. The van der Waals surface area contributed by atoms with E-state index in [1.807, 2.05) is 13.0 Å². The molecule has 2 nitrogen and oxygen atoms in total. The molecule has 0 amide bonds. The van der Waals surface area contributed by atoms with Crippen molar-refractivity contribution in [2.24, 2.45) is 0 Å². The molecule has 0 spiro atoms. The minimum atomic E-state index is -1.63. The quantitative estimate of drug-likeness (QED) is 0.288. The van der Waals surface area contributed by atoms with Crippen molar-refractivity contribution in [2.75, 3.05) is 13.2 Å². The molecule has 0 aromatic rings. The lowest BCUT2D eigenvalue weighted by Crippen LogP contribution is -2.41. The summed E-state index contributed by atoms with van der Waals surface area (Å²) in [6.45, 7) is 16.4. The van der Waals surface area contributed by atoms with Crippen molar-refractivity contribution in [2.45, 2.75) is 65.6 Å². The molecule has 0 radical (unpaired) electrons. The molecule has 0 aromatic carbocycles. The van der Waals surface area contributed by atoms with Crippen LogP contribution in [0.1, 0.15) is 47.5 Å². The van der Waals surface area contributed by atoms with Gasteiger partial charge in [0.25, 0.3) is 0 Å². The predicted molar refractivity (Wildman–Crippen MR) is 96.1 cm³/mol. The Morgan fingerprint density at radius 3 is 2.24 bits per heavy atom. The smallest absolute Gasteiger partial charge is 0.192 e. The molecule has 0 aliphatic carbocycles. The maximum Gasteiger partial charge on any atom is 0.192 e. The zero-order valence-corrected chi connectivity index (χ0v) is 16.0. The summed E-state index contributed by atoms with van der Waals surface area (Å²) >= 11 is 0. The summed E-state index contributed by atoms with van der Waals surface area (Å²) < 4.78 is 6.20. The van der Waals surface area contributed by atoms with Gasteiger partial charge in [-0.25, -0.2) is 0 Å². The molecule has 0 heterocycles. The highest BCUT2D eigenvalue weighted by molar-refractivity contribution is 6.74. The van der Waals surface area contributed by atoms with Gasteiger partial charge in [0.2, 0.25) is 0 Å². The molecular formula is C18H34O2Si. The highest BCUT2D eigenvalue weighted by Gasteiger charge is 2.36. The lowest BCUT2D eigenvalue weighted by atomic mass is 10.2. The van der Waals surface area contributed by atoms with Gasteiger partial charge in [0.05, 0.1) is 13.2 Å². The van der Waals surface area contributed by atoms with Crippen molar-refractivity contribution in [1.29, 1.82) is 0 Å². The molecular weight excluding hydrogens is 276 g/mol. The molecule has 122 valence electrons. The van der Waals surface area contributed by atoms with Crippen LogP contribution in [-0.4, -0.2) is 26.6 Å². The Kier molecular flexibility index (Phi) is 9.10. The van der Waals surface area contributed by atoms with E-state index in [2.05, 4.69) is 59.0 Å². The summed E-state index contributed by atoms with van der Waals surface area (Å²) in [5, 5.41) is 9.03. The summed E-state index contributed by atoms with van der Waals surface area (Å²) in [5.74, 6) is 0. The van der Waals surface area contributed by atoms with Gasteiger partial charge in [0.1, 0.15) is 0 Å². The van der Waals surface area contributed by atoms with Gasteiger partial charge in [0.15, 0.2) is 8.32 Å². The fourth-order valence-corrected chi connectivity index (χ4v) is 2.50. The average Bonchev–Trinajstić information content (AvgIpc) is 2.35. The summed E-state index contributed by atoms with van der Waals surface area (Å²) in [4.78, 5) is 0. The Bertz CT molecular complexity index is 385. The molecule has 0 fully saturated rings. The second-order valence-corrected chi connectivity index (χ2v) is 12.0. The molecule has 0 rings (SSSR count). The van der Waals surface area contributed by atoms with E-state index in [4.69, 9.17) is 9.53 Å². The van der Waals surface area contributed by atoms with Crippen LogP contribution in [0.4, 0.5) is 0 Å². The molecule has 0 aromatic heterocycles. The molecule has 1 N–H and O–H groups in total. The molecule has 3 heteroatoms. The number of aliphatic hydroxyl groups is 1. The van der Waals surface area contributed by atoms with Crippen LogP contribution in [0.5, 0.6) is 0 Å². The van der Waals surface area contributed by atoms with Crippen molar-refractivity contribution in [3.05, 3.63) is 35.5 Å². The first kappa shape index (κ1) is 20.4. The van der Waals surface area contributed by atoms with Crippen LogP contribution in [0.2, 0.25) is 18.1 Å². The lowest BCUT2D eigenvalue weighted by molar-refractivity contribution is 0.318. The maximum atomic E-state index is 8.76. The molecule has 0 saturated heterocycles. The molecule has 0 saturated carbocycles. The van der Waals surface area contributed by atoms with Crippen LogP contribution >= 0.6 is 0 Å². The van der Waals surface area contributed by atoms with Gasteiger partial charge in [-0.2, -0.15) is 0 Å². The van der Waals surface area contributed by atoms with E-state index >= 15 is 0 Å². The fourth-order valence-electron chi connectivity index (χ4n) is 1.48. The van der Waals surface area contributed by atoms with Gasteiger partial charge in [-0.05, 0) is 44.8 Å². The summed E-state index contributed by atoms with van der Waals surface area (Å²) in [7, 11) is -1.63. The van der Waals surface area contributed by atoms with E-state index < -0.39 is 8.32 Å². The Balaban J connectivity index is 4.14. The number of hydrogen-bond acceptors (Lipinski definition) is 2. The van der Waals surface area contributed by atoms with Gasteiger partial charge in [-0.3, -0.25) is 0 Å². The second-order valence-electron chi connectivity index (χ2n) is 7.21. The normalized spacial score (nSPS) is 15.0. The van der Waals surface area contributed by atoms with E-state index in [1.54, 1.807) is 0 Å². The maximum absolute atomic E-state index is 8.76. The third-order valence-corrected chi connectivity index (χ3v) is 8.57. The Hall–Kier alpha value is -0.643. The van der Waals surface area contributed by atoms with Crippen molar-refractivity contribution >= 4 is 8.32 Å². The van der Waals surface area contributed by atoms with E-state index in [0.29, 0.717) is 0 Å². The first-order valence-corrected chi connectivity index (χ1v) is 10.7. The summed E-state index contributed by atoms with van der Waals surface area (Å²) in [6.07, 6.45) is 10.3.